The van der Waals surface area contributed by atoms with Gasteiger partial charge in [-0.25, -0.2) is 13.6 Å². The Morgan fingerprint density at radius 2 is 1.90 bits per heavy atom. The molecule has 2 aromatic carbocycles. The smallest absolute Gasteiger partial charge is 0.339 e. The van der Waals surface area contributed by atoms with Gasteiger partial charge in [-0.1, -0.05) is 6.07 Å². The molecule has 0 unspecified atom stereocenters. The van der Waals surface area contributed by atoms with Crippen molar-refractivity contribution in [1.82, 2.24) is 0 Å². The van der Waals surface area contributed by atoms with E-state index in [4.69, 9.17) is 15.6 Å². The van der Waals surface area contributed by atoms with Gasteiger partial charge in [0.05, 0.1) is 0 Å². The minimum absolute atomic E-state index is 0.0539. The van der Waals surface area contributed by atoms with Crippen LogP contribution >= 0.6 is 0 Å². The second-order valence-electron chi connectivity index (χ2n) is 4.10. The average molecular weight is 279 g/mol. The van der Waals surface area contributed by atoms with Crippen LogP contribution in [0.15, 0.2) is 36.4 Å². The fourth-order valence-corrected chi connectivity index (χ4v) is 1.63. The summed E-state index contributed by atoms with van der Waals surface area (Å²) in [5, 5.41) is 9.00. The molecule has 0 aliphatic carbocycles. The third-order valence-corrected chi connectivity index (χ3v) is 2.61. The van der Waals surface area contributed by atoms with Crippen LogP contribution in [0, 0.1) is 11.6 Å². The SMILES string of the molecule is Nc1ccc(C(=O)O)c(OCc2ccc(F)c(F)c2)c1. The van der Waals surface area contributed by atoms with Crippen LogP contribution < -0.4 is 10.5 Å². The Morgan fingerprint density at radius 1 is 1.15 bits per heavy atom. The van der Waals surface area contributed by atoms with Gasteiger partial charge in [-0.3, -0.25) is 0 Å². The molecule has 0 radical (unpaired) electrons. The van der Waals surface area contributed by atoms with Crippen LogP contribution in [0.1, 0.15) is 15.9 Å². The van der Waals surface area contributed by atoms with Crippen molar-refractivity contribution >= 4 is 11.7 Å². The minimum atomic E-state index is -1.16. The number of hydrogen-bond acceptors (Lipinski definition) is 3. The fraction of sp³-hybridized carbons (Fsp3) is 0.0714. The molecule has 0 bridgehead atoms. The quantitative estimate of drug-likeness (QED) is 0.844. The summed E-state index contributed by atoms with van der Waals surface area (Å²) in [6.45, 7) is -0.0963. The maximum absolute atomic E-state index is 13.0. The summed E-state index contributed by atoms with van der Waals surface area (Å²) < 4.78 is 31.1. The van der Waals surface area contributed by atoms with Gasteiger partial charge >= 0.3 is 5.97 Å². The molecular weight excluding hydrogens is 268 g/mol. The first kappa shape index (κ1) is 13.8. The summed E-state index contributed by atoms with van der Waals surface area (Å²) in [5.74, 6) is -3.03. The van der Waals surface area contributed by atoms with Gasteiger partial charge in [-0.15, -0.1) is 0 Å². The molecule has 0 atom stereocenters. The summed E-state index contributed by atoms with van der Waals surface area (Å²) in [6.07, 6.45) is 0. The van der Waals surface area contributed by atoms with Crippen molar-refractivity contribution < 1.29 is 23.4 Å². The number of halogens is 2. The van der Waals surface area contributed by atoms with Crippen molar-refractivity contribution in [3.63, 3.8) is 0 Å². The standard InChI is InChI=1S/C14H11F2NO3/c15-11-4-1-8(5-12(11)16)7-20-13-6-9(17)2-3-10(13)14(18)19/h1-6H,7,17H2,(H,18,19). The second kappa shape index (κ2) is 5.56. The van der Waals surface area contributed by atoms with E-state index in [9.17, 15) is 13.6 Å². The van der Waals surface area contributed by atoms with E-state index in [0.717, 1.165) is 12.1 Å². The number of carbonyl (C=O) groups is 1. The van der Waals surface area contributed by atoms with Crippen LogP contribution in [-0.4, -0.2) is 11.1 Å². The first-order valence-electron chi connectivity index (χ1n) is 5.67. The lowest BCUT2D eigenvalue weighted by molar-refractivity contribution is 0.0692. The third kappa shape index (κ3) is 3.03. The zero-order valence-electron chi connectivity index (χ0n) is 10.3. The normalized spacial score (nSPS) is 10.3. The summed E-state index contributed by atoms with van der Waals surface area (Å²) >= 11 is 0. The zero-order chi connectivity index (χ0) is 14.7. The van der Waals surface area contributed by atoms with Crippen molar-refractivity contribution in [3.8, 4) is 5.75 Å². The van der Waals surface area contributed by atoms with E-state index < -0.39 is 17.6 Å². The molecule has 0 saturated carbocycles. The Labute approximate surface area is 113 Å². The van der Waals surface area contributed by atoms with Crippen LogP contribution in [0.3, 0.4) is 0 Å². The first-order chi connectivity index (χ1) is 9.47. The molecule has 20 heavy (non-hydrogen) atoms. The molecule has 2 aromatic rings. The minimum Gasteiger partial charge on any atom is -0.488 e. The van der Waals surface area contributed by atoms with Crippen LogP contribution in [0.5, 0.6) is 5.75 Å². The first-order valence-corrected chi connectivity index (χ1v) is 5.67. The molecule has 2 rings (SSSR count). The van der Waals surface area contributed by atoms with Gasteiger partial charge in [0.15, 0.2) is 11.6 Å². The molecule has 3 N–H and O–H groups in total. The van der Waals surface area contributed by atoms with Crippen molar-refractivity contribution in [3.05, 3.63) is 59.2 Å². The van der Waals surface area contributed by atoms with E-state index in [1.54, 1.807) is 0 Å². The molecular formula is C14H11F2NO3. The monoisotopic (exact) mass is 279 g/mol. The molecule has 0 spiro atoms. The number of anilines is 1. The van der Waals surface area contributed by atoms with Crippen LogP contribution in [-0.2, 0) is 6.61 Å². The maximum atomic E-state index is 13.0. The lowest BCUT2D eigenvalue weighted by atomic mass is 10.2. The van der Waals surface area contributed by atoms with Gasteiger partial charge in [0, 0.05) is 11.8 Å². The highest BCUT2D eigenvalue weighted by molar-refractivity contribution is 5.91. The third-order valence-electron chi connectivity index (χ3n) is 2.61. The molecule has 0 aliphatic rings. The van der Waals surface area contributed by atoms with Crippen molar-refractivity contribution in [2.45, 2.75) is 6.61 Å². The number of rotatable bonds is 4. The number of ether oxygens (including phenoxy) is 1. The number of hydrogen-bond donors (Lipinski definition) is 2. The van der Waals surface area contributed by atoms with Crippen molar-refractivity contribution in [1.29, 1.82) is 0 Å². The number of carboxylic acids is 1. The van der Waals surface area contributed by atoms with Gasteiger partial charge in [0.1, 0.15) is 17.9 Å². The molecule has 0 aromatic heterocycles. The van der Waals surface area contributed by atoms with E-state index in [1.165, 1.54) is 24.3 Å². The Bertz CT molecular complexity index is 659. The largest absolute Gasteiger partial charge is 0.488 e. The lowest BCUT2D eigenvalue weighted by Gasteiger charge is -2.10. The van der Waals surface area contributed by atoms with Gasteiger partial charge in [-0.2, -0.15) is 0 Å². The zero-order valence-corrected chi connectivity index (χ0v) is 10.3. The Morgan fingerprint density at radius 3 is 2.55 bits per heavy atom. The summed E-state index contributed by atoms with van der Waals surface area (Å²) in [5.41, 5.74) is 6.22. The predicted octanol–water partition coefficient (Wildman–Crippen LogP) is 2.82. The molecule has 0 amide bonds. The van der Waals surface area contributed by atoms with Crippen LogP contribution in [0.25, 0.3) is 0 Å². The number of carboxylic acid groups (broad SMARTS) is 1. The van der Waals surface area contributed by atoms with E-state index in [2.05, 4.69) is 0 Å². The van der Waals surface area contributed by atoms with Crippen LogP contribution in [0.2, 0.25) is 0 Å². The van der Waals surface area contributed by atoms with Crippen molar-refractivity contribution in [2.24, 2.45) is 0 Å². The average Bonchev–Trinajstić information content (AvgIpc) is 2.40. The lowest BCUT2D eigenvalue weighted by Crippen LogP contribution is -2.04. The highest BCUT2D eigenvalue weighted by Gasteiger charge is 2.12. The number of nitrogen functional groups attached to an aromatic ring is 1. The molecule has 0 heterocycles. The number of aromatic carboxylic acids is 1. The van der Waals surface area contributed by atoms with Gasteiger partial charge < -0.3 is 15.6 Å². The summed E-state index contributed by atoms with van der Waals surface area (Å²) in [7, 11) is 0. The summed E-state index contributed by atoms with van der Waals surface area (Å²) in [4.78, 5) is 11.0. The van der Waals surface area contributed by atoms with Crippen LogP contribution in [0.4, 0.5) is 14.5 Å². The predicted molar refractivity (Wildman–Crippen MR) is 68.5 cm³/mol. The highest BCUT2D eigenvalue weighted by Crippen LogP contribution is 2.23. The molecule has 104 valence electrons. The van der Waals surface area contributed by atoms with E-state index in [-0.39, 0.29) is 17.9 Å². The van der Waals surface area contributed by atoms with E-state index in [1.807, 2.05) is 0 Å². The second-order valence-corrected chi connectivity index (χ2v) is 4.10. The molecule has 4 nitrogen and oxygen atoms in total. The molecule has 6 heteroatoms. The number of nitrogens with two attached hydrogens (primary N) is 1. The summed E-state index contributed by atoms with van der Waals surface area (Å²) in [6, 6.07) is 7.44. The molecule has 0 saturated heterocycles. The van der Waals surface area contributed by atoms with E-state index >= 15 is 0 Å². The highest BCUT2D eigenvalue weighted by atomic mass is 19.2. The topological polar surface area (TPSA) is 72.6 Å². The van der Waals surface area contributed by atoms with Gasteiger partial charge in [0.25, 0.3) is 0 Å². The van der Waals surface area contributed by atoms with E-state index in [0.29, 0.717) is 11.3 Å². The van der Waals surface area contributed by atoms with Crippen molar-refractivity contribution in [2.75, 3.05) is 5.73 Å². The molecule has 0 fully saturated rings. The van der Waals surface area contributed by atoms with Gasteiger partial charge in [0.2, 0.25) is 0 Å². The Kier molecular flexibility index (Phi) is 3.84. The Hall–Kier alpha value is -2.63. The fourth-order valence-electron chi connectivity index (χ4n) is 1.63. The Balaban J connectivity index is 2.20. The van der Waals surface area contributed by atoms with Gasteiger partial charge in [-0.05, 0) is 29.8 Å². The number of benzene rings is 2. The maximum Gasteiger partial charge on any atom is 0.339 e. The molecule has 0 aliphatic heterocycles.